The fourth-order valence-electron chi connectivity index (χ4n) is 2.60. The molecule has 0 unspecified atom stereocenters. The number of benzene rings is 2. The van der Waals surface area contributed by atoms with Gasteiger partial charge in [-0.3, -0.25) is 9.59 Å². The zero-order chi connectivity index (χ0) is 21.7. The van der Waals surface area contributed by atoms with E-state index in [-0.39, 0.29) is 11.3 Å². The SMILES string of the molecule is Cc1ccc(NC(=O)COC(=O)c2ccc(C)c(NC(=O)c3ccco3)c2)c(Cl)c1. The topological polar surface area (TPSA) is 97.6 Å². The number of furan rings is 1. The standard InChI is InChI=1S/C22H19ClN2O5/c1-13-5-8-17(16(23)10-13)24-20(26)12-30-22(28)15-7-6-14(2)18(11-15)25-21(27)19-4-3-9-29-19/h3-11H,12H2,1-2H3,(H,24,26)(H,25,27). The average molecular weight is 427 g/mol. The van der Waals surface area contributed by atoms with Crippen molar-refractivity contribution in [3.63, 3.8) is 0 Å². The molecule has 0 spiro atoms. The number of halogens is 1. The van der Waals surface area contributed by atoms with Crippen LogP contribution in [0.1, 0.15) is 32.0 Å². The number of nitrogens with one attached hydrogen (secondary N) is 2. The van der Waals surface area contributed by atoms with Crippen LogP contribution in [0.2, 0.25) is 5.02 Å². The second-order valence-electron chi connectivity index (χ2n) is 6.57. The summed E-state index contributed by atoms with van der Waals surface area (Å²) in [6.45, 7) is 3.18. The van der Waals surface area contributed by atoms with E-state index in [9.17, 15) is 14.4 Å². The molecule has 0 saturated heterocycles. The molecule has 3 rings (SSSR count). The largest absolute Gasteiger partial charge is 0.459 e. The fraction of sp³-hybridized carbons (Fsp3) is 0.136. The van der Waals surface area contributed by atoms with E-state index in [2.05, 4.69) is 10.6 Å². The highest BCUT2D eigenvalue weighted by Gasteiger charge is 2.15. The van der Waals surface area contributed by atoms with Gasteiger partial charge < -0.3 is 19.8 Å². The van der Waals surface area contributed by atoms with Crippen LogP contribution in [0, 0.1) is 13.8 Å². The quantitative estimate of drug-likeness (QED) is 0.561. The molecular formula is C22H19ClN2O5. The lowest BCUT2D eigenvalue weighted by Gasteiger charge is -2.11. The van der Waals surface area contributed by atoms with E-state index in [0.717, 1.165) is 11.1 Å². The summed E-state index contributed by atoms with van der Waals surface area (Å²) in [6, 6.07) is 13.0. The van der Waals surface area contributed by atoms with Gasteiger partial charge in [-0.2, -0.15) is 0 Å². The van der Waals surface area contributed by atoms with Crippen LogP contribution >= 0.6 is 11.6 Å². The number of aryl methyl sites for hydroxylation is 2. The Morgan fingerprint density at radius 1 is 1.00 bits per heavy atom. The van der Waals surface area contributed by atoms with Crippen molar-refractivity contribution in [1.82, 2.24) is 0 Å². The molecule has 2 N–H and O–H groups in total. The highest BCUT2D eigenvalue weighted by Crippen LogP contribution is 2.23. The molecule has 0 atom stereocenters. The van der Waals surface area contributed by atoms with Gasteiger partial charge in [0.2, 0.25) is 0 Å². The van der Waals surface area contributed by atoms with Crippen LogP contribution in [-0.2, 0) is 9.53 Å². The number of carbonyl (C=O) groups is 3. The molecule has 2 aromatic carbocycles. The normalized spacial score (nSPS) is 10.4. The predicted molar refractivity (Wildman–Crippen MR) is 113 cm³/mol. The molecule has 0 saturated carbocycles. The van der Waals surface area contributed by atoms with Crippen molar-refractivity contribution in [1.29, 1.82) is 0 Å². The van der Waals surface area contributed by atoms with Crippen LogP contribution in [0.15, 0.2) is 59.2 Å². The Bertz CT molecular complexity index is 1090. The van der Waals surface area contributed by atoms with Gasteiger partial charge in [0.05, 0.1) is 22.5 Å². The second-order valence-corrected chi connectivity index (χ2v) is 6.98. The average Bonchev–Trinajstić information content (AvgIpc) is 3.25. The summed E-state index contributed by atoms with van der Waals surface area (Å²) in [5, 5.41) is 5.67. The van der Waals surface area contributed by atoms with Gasteiger partial charge in [0.25, 0.3) is 11.8 Å². The maximum Gasteiger partial charge on any atom is 0.338 e. The molecule has 154 valence electrons. The first-order valence-corrected chi connectivity index (χ1v) is 9.40. The molecular weight excluding hydrogens is 408 g/mol. The van der Waals surface area contributed by atoms with Crippen molar-refractivity contribution < 1.29 is 23.5 Å². The van der Waals surface area contributed by atoms with Crippen molar-refractivity contribution in [3.8, 4) is 0 Å². The Morgan fingerprint density at radius 3 is 2.50 bits per heavy atom. The zero-order valence-corrected chi connectivity index (χ0v) is 17.1. The molecule has 0 aliphatic carbocycles. The fourth-order valence-corrected chi connectivity index (χ4v) is 2.88. The molecule has 0 fully saturated rings. The van der Waals surface area contributed by atoms with Crippen molar-refractivity contribution in [3.05, 3.63) is 82.3 Å². The Hall–Kier alpha value is -3.58. The molecule has 1 aromatic heterocycles. The van der Waals surface area contributed by atoms with Gasteiger partial charge in [0.1, 0.15) is 0 Å². The van der Waals surface area contributed by atoms with E-state index < -0.39 is 24.4 Å². The van der Waals surface area contributed by atoms with Crippen molar-refractivity contribution in [2.24, 2.45) is 0 Å². The Labute approximate surface area is 178 Å². The summed E-state index contributed by atoms with van der Waals surface area (Å²) in [5.41, 5.74) is 2.76. The van der Waals surface area contributed by atoms with E-state index in [1.165, 1.54) is 18.4 Å². The molecule has 8 heteroatoms. The van der Waals surface area contributed by atoms with E-state index in [1.54, 1.807) is 43.3 Å². The molecule has 3 aromatic rings. The minimum atomic E-state index is -0.700. The van der Waals surface area contributed by atoms with Gasteiger partial charge >= 0.3 is 5.97 Å². The molecule has 0 radical (unpaired) electrons. The van der Waals surface area contributed by atoms with Gasteiger partial charge in [-0.05, 0) is 61.4 Å². The van der Waals surface area contributed by atoms with Crippen LogP contribution < -0.4 is 10.6 Å². The van der Waals surface area contributed by atoms with E-state index in [4.69, 9.17) is 20.8 Å². The molecule has 1 heterocycles. The minimum Gasteiger partial charge on any atom is -0.459 e. The van der Waals surface area contributed by atoms with Gasteiger partial charge in [-0.15, -0.1) is 0 Å². The zero-order valence-electron chi connectivity index (χ0n) is 16.3. The maximum atomic E-state index is 12.3. The summed E-state index contributed by atoms with van der Waals surface area (Å²) in [5.74, 6) is -1.52. The van der Waals surface area contributed by atoms with Crippen LogP contribution in [0.25, 0.3) is 0 Å². The van der Waals surface area contributed by atoms with Crippen molar-refractivity contribution in [2.45, 2.75) is 13.8 Å². The first-order chi connectivity index (χ1) is 14.3. The number of anilines is 2. The first kappa shape index (κ1) is 21.1. The Morgan fingerprint density at radius 2 is 1.80 bits per heavy atom. The Balaban J connectivity index is 1.61. The van der Waals surface area contributed by atoms with Gasteiger partial charge in [-0.1, -0.05) is 23.7 Å². The summed E-state index contributed by atoms with van der Waals surface area (Å²) in [6.07, 6.45) is 1.39. The lowest BCUT2D eigenvalue weighted by Crippen LogP contribution is -2.21. The number of hydrogen-bond donors (Lipinski definition) is 2. The smallest absolute Gasteiger partial charge is 0.338 e. The Kier molecular flexibility index (Phi) is 6.54. The summed E-state index contributed by atoms with van der Waals surface area (Å²) in [4.78, 5) is 36.6. The molecule has 0 aliphatic heterocycles. The third-order valence-corrected chi connectivity index (χ3v) is 4.51. The lowest BCUT2D eigenvalue weighted by atomic mass is 10.1. The third kappa shape index (κ3) is 5.27. The van der Waals surface area contributed by atoms with Crippen LogP contribution in [0.5, 0.6) is 0 Å². The highest BCUT2D eigenvalue weighted by molar-refractivity contribution is 6.33. The van der Waals surface area contributed by atoms with E-state index in [1.807, 2.05) is 6.92 Å². The van der Waals surface area contributed by atoms with Gasteiger partial charge in [0, 0.05) is 5.69 Å². The number of esters is 1. The van der Waals surface area contributed by atoms with Gasteiger partial charge in [0.15, 0.2) is 12.4 Å². The molecule has 30 heavy (non-hydrogen) atoms. The minimum absolute atomic E-state index is 0.147. The lowest BCUT2D eigenvalue weighted by molar-refractivity contribution is -0.119. The third-order valence-electron chi connectivity index (χ3n) is 4.20. The predicted octanol–water partition coefficient (Wildman–Crippen LogP) is 4.60. The van der Waals surface area contributed by atoms with Crippen LogP contribution in [0.3, 0.4) is 0 Å². The van der Waals surface area contributed by atoms with Crippen molar-refractivity contribution in [2.75, 3.05) is 17.2 Å². The number of ether oxygens (including phenoxy) is 1. The van der Waals surface area contributed by atoms with Crippen LogP contribution in [-0.4, -0.2) is 24.4 Å². The second kappa shape index (κ2) is 9.28. The molecule has 2 amide bonds. The summed E-state index contributed by atoms with van der Waals surface area (Å²) < 4.78 is 10.1. The van der Waals surface area contributed by atoms with E-state index in [0.29, 0.717) is 16.4 Å². The monoisotopic (exact) mass is 426 g/mol. The number of hydrogen-bond acceptors (Lipinski definition) is 5. The van der Waals surface area contributed by atoms with E-state index >= 15 is 0 Å². The highest BCUT2D eigenvalue weighted by atomic mass is 35.5. The number of amides is 2. The van der Waals surface area contributed by atoms with Gasteiger partial charge in [-0.25, -0.2) is 4.79 Å². The number of rotatable bonds is 6. The summed E-state index contributed by atoms with van der Waals surface area (Å²) in [7, 11) is 0. The van der Waals surface area contributed by atoms with Crippen LogP contribution in [0.4, 0.5) is 11.4 Å². The number of carbonyl (C=O) groups excluding carboxylic acids is 3. The maximum absolute atomic E-state index is 12.3. The summed E-state index contributed by atoms with van der Waals surface area (Å²) >= 11 is 6.08. The molecule has 0 bridgehead atoms. The van der Waals surface area contributed by atoms with Crippen molar-refractivity contribution >= 4 is 40.8 Å². The molecule has 7 nitrogen and oxygen atoms in total. The molecule has 0 aliphatic rings. The first-order valence-electron chi connectivity index (χ1n) is 9.02.